The van der Waals surface area contributed by atoms with Gasteiger partial charge < -0.3 is 0 Å². The zero-order chi connectivity index (χ0) is 14.7. The normalized spacial score (nSPS) is 12.4. The van der Waals surface area contributed by atoms with Gasteiger partial charge >= 0.3 is 0 Å². The standard InChI is InChI=1S/C15H17BrFN3/c1-9-5-12(6-10(2)19-9)15(20-18)8-11-7-13(17)3-4-14(11)16/h3-7,15,20H,8,18H2,1-2H3. The molecule has 0 radical (unpaired) electrons. The number of nitrogens with zero attached hydrogens (tertiary/aromatic N) is 1. The minimum atomic E-state index is -0.249. The summed E-state index contributed by atoms with van der Waals surface area (Å²) in [6, 6.07) is 8.55. The van der Waals surface area contributed by atoms with Crippen molar-refractivity contribution in [2.45, 2.75) is 26.3 Å². The first-order valence-corrected chi connectivity index (χ1v) is 7.14. The van der Waals surface area contributed by atoms with E-state index in [9.17, 15) is 4.39 Å². The van der Waals surface area contributed by atoms with E-state index in [1.54, 1.807) is 6.07 Å². The van der Waals surface area contributed by atoms with Gasteiger partial charge in [0, 0.05) is 15.9 Å². The van der Waals surface area contributed by atoms with Crippen LogP contribution in [0.2, 0.25) is 0 Å². The van der Waals surface area contributed by atoms with Gasteiger partial charge in [0.15, 0.2) is 0 Å². The molecule has 1 atom stereocenters. The van der Waals surface area contributed by atoms with Crippen molar-refractivity contribution in [3.8, 4) is 0 Å². The zero-order valence-electron chi connectivity index (χ0n) is 11.5. The van der Waals surface area contributed by atoms with Crippen molar-refractivity contribution in [3.63, 3.8) is 0 Å². The second-order valence-electron chi connectivity index (χ2n) is 4.84. The Morgan fingerprint density at radius 2 is 1.90 bits per heavy atom. The van der Waals surface area contributed by atoms with Crippen molar-refractivity contribution in [1.29, 1.82) is 0 Å². The molecule has 1 heterocycles. The van der Waals surface area contributed by atoms with E-state index >= 15 is 0 Å². The fourth-order valence-corrected chi connectivity index (χ4v) is 2.67. The van der Waals surface area contributed by atoms with E-state index in [2.05, 4.69) is 26.3 Å². The predicted octanol–water partition coefficient (Wildman–Crippen LogP) is 3.35. The number of aromatic nitrogens is 1. The Morgan fingerprint density at radius 3 is 2.50 bits per heavy atom. The Morgan fingerprint density at radius 1 is 1.25 bits per heavy atom. The lowest BCUT2D eigenvalue weighted by Gasteiger charge is -2.18. The highest BCUT2D eigenvalue weighted by atomic mass is 79.9. The maximum Gasteiger partial charge on any atom is 0.123 e. The third kappa shape index (κ3) is 3.62. The molecule has 20 heavy (non-hydrogen) atoms. The number of nitrogens with two attached hydrogens (primary N) is 1. The Hall–Kier alpha value is -1.30. The second kappa shape index (κ2) is 6.43. The predicted molar refractivity (Wildman–Crippen MR) is 81.6 cm³/mol. The average molecular weight is 338 g/mol. The van der Waals surface area contributed by atoms with Crippen molar-refractivity contribution < 1.29 is 4.39 Å². The van der Waals surface area contributed by atoms with Crippen LogP contribution in [0.3, 0.4) is 0 Å². The molecule has 3 N–H and O–H groups in total. The number of hydrazine groups is 1. The van der Waals surface area contributed by atoms with E-state index in [1.807, 2.05) is 26.0 Å². The average Bonchev–Trinajstić information content (AvgIpc) is 2.38. The fourth-order valence-electron chi connectivity index (χ4n) is 2.26. The summed E-state index contributed by atoms with van der Waals surface area (Å²) >= 11 is 3.44. The summed E-state index contributed by atoms with van der Waals surface area (Å²) in [5.41, 5.74) is 6.61. The quantitative estimate of drug-likeness (QED) is 0.664. The summed E-state index contributed by atoms with van der Waals surface area (Å²) in [4.78, 5) is 4.35. The molecule has 3 nitrogen and oxygen atoms in total. The van der Waals surface area contributed by atoms with Crippen molar-refractivity contribution >= 4 is 15.9 Å². The van der Waals surface area contributed by atoms with Gasteiger partial charge in [0.25, 0.3) is 0 Å². The van der Waals surface area contributed by atoms with Crippen LogP contribution in [0, 0.1) is 19.7 Å². The molecule has 0 saturated heterocycles. The lowest BCUT2D eigenvalue weighted by molar-refractivity contribution is 0.546. The molecular formula is C15H17BrFN3. The van der Waals surface area contributed by atoms with E-state index in [1.165, 1.54) is 12.1 Å². The Bertz CT molecular complexity index is 596. The highest BCUT2D eigenvalue weighted by molar-refractivity contribution is 9.10. The smallest absolute Gasteiger partial charge is 0.123 e. The van der Waals surface area contributed by atoms with Crippen LogP contribution >= 0.6 is 15.9 Å². The maximum atomic E-state index is 13.3. The Labute approximate surface area is 126 Å². The monoisotopic (exact) mass is 337 g/mol. The molecule has 0 aliphatic carbocycles. The summed E-state index contributed by atoms with van der Waals surface area (Å²) < 4.78 is 14.2. The molecule has 106 valence electrons. The molecule has 0 saturated carbocycles. The van der Waals surface area contributed by atoms with Crippen molar-refractivity contribution in [2.75, 3.05) is 0 Å². The van der Waals surface area contributed by atoms with E-state index in [4.69, 9.17) is 5.84 Å². The lowest BCUT2D eigenvalue weighted by atomic mass is 9.99. The number of halogens is 2. The zero-order valence-corrected chi connectivity index (χ0v) is 13.0. The van der Waals surface area contributed by atoms with Gasteiger partial charge in [0.05, 0.1) is 6.04 Å². The number of rotatable bonds is 4. The number of hydrogen-bond donors (Lipinski definition) is 2. The number of pyridine rings is 1. The maximum absolute atomic E-state index is 13.3. The molecule has 0 aliphatic heterocycles. The fraction of sp³-hybridized carbons (Fsp3) is 0.267. The molecule has 1 unspecified atom stereocenters. The van der Waals surface area contributed by atoms with Crippen LogP contribution in [0.15, 0.2) is 34.8 Å². The summed E-state index contributed by atoms with van der Waals surface area (Å²) in [7, 11) is 0. The molecule has 0 amide bonds. The Kier molecular flexibility index (Phi) is 4.86. The summed E-state index contributed by atoms with van der Waals surface area (Å²) in [5, 5.41) is 0. The molecule has 1 aromatic heterocycles. The van der Waals surface area contributed by atoms with E-state index < -0.39 is 0 Å². The minimum absolute atomic E-state index is 0.0894. The first kappa shape index (κ1) is 15.1. The third-order valence-electron chi connectivity index (χ3n) is 3.14. The summed E-state index contributed by atoms with van der Waals surface area (Å²) in [5.74, 6) is 5.41. The number of hydrogen-bond acceptors (Lipinski definition) is 3. The SMILES string of the molecule is Cc1cc(C(Cc2cc(F)ccc2Br)NN)cc(C)n1. The van der Waals surface area contributed by atoms with Crippen LogP contribution in [0.5, 0.6) is 0 Å². The number of aryl methyl sites for hydroxylation is 2. The van der Waals surface area contributed by atoms with Crippen LogP contribution in [0.4, 0.5) is 4.39 Å². The van der Waals surface area contributed by atoms with Gasteiger partial charge in [-0.1, -0.05) is 15.9 Å². The molecule has 0 bridgehead atoms. The van der Waals surface area contributed by atoms with E-state index in [-0.39, 0.29) is 11.9 Å². The first-order chi connectivity index (χ1) is 9.49. The van der Waals surface area contributed by atoms with Crippen molar-refractivity contribution in [2.24, 2.45) is 5.84 Å². The topological polar surface area (TPSA) is 50.9 Å². The number of nitrogens with one attached hydrogen (secondary N) is 1. The molecular weight excluding hydrogens is 321 g/mol. The molecule has 2 aromatic rings. The van der Waals surface area contributed by atoms with Crippen molar-refractivity contribution in [3.05, 3.63) is 63.1 Å². The highest BCUT2D eigenvalue weighted by Crippen LogP contribution is 2.25. The van der Waals surface area contributed by atoms with Crippen LogP contribution in [-0.4, -0.2) is 4.98 Å². The summed E-state index contributed by atoms with van der Waals surface area (Å²) in [6.45, 7) is 3.89. The van der Waals surface area contributed by atoms with Gasteiger partial charge in [0.1, 0.15) is 5.82 Å². The van der Waals surface area contributed by atoms with Crippen LogP contribution in [0.25, 0.3) is 0 Å². The van der Waals surface area contributed by atoms with Gasteiger partial charge in [-0.25, -0.2) is 4.39 Å². The molecule has 2 rings (SSSR count). The highest BCUT2D eigenvalue weighted by Gasteiger charge is 2.14. The molecule has 0 fully saturated rings. The summed E-state index contributed by atoms with van der Waals surface area (Å²) in [6.07, 6.45) is 0.595. The van der Waals surface area contributed by atoms with Crippen molar-refractivity contribution in [1.82, 2.24) is 10.4 Å². The van der Waals surface area contributed by atoms with Crippen LogP contribution in [0.1, 0.15) is 28.6 Å². The van der Waals surface area contributed by atoms with Gasteiger partial charge in [-0.05, 0) is 61.7 Å². The van der Waals surface area contributed by atoms with Gasteiger partial charge in [-0.3, -0.25) is 16.3 Å². The second-order valence-corrected chi connectivity index (χ2v) is 5.70. The van der Waals surface area contributed by atoms with Gasteiger partial charge in [-0.2, -0.15) is 0 Å². The Balaban J connectivity index is 2.30. The van der Waals surface area contributed by atoms with E-state index in [0.717, 1.165) is 27.0 Å². The third-order valence-corrected chi connectivity index (χ3v) is 3.91. The van der Waals surface area contributed by atoms with Crippen LogP contribution in [-0.2, 0) is 6.42 Å². The minimum Gasteiger partial charge on any atom is -0.271 e. The molecule has 1 aromatic carbocycles. The van der Waals surface area contributed by atoms with Crippen LogP contribution < -0.4 is 11.3 Å². The van der Waals surface area contributed by atoms with Gasteiger partial charge in [0.2, 0.25) is 0 Å². The van der Waals surface area contributed by atoms with E-state index in [0.29, 0.717) is 6.42 Å². The number of benzene rings is 1. The molecule has 0 spiro atoms. The first-order valence-electron chi connectivity index (χ1n) is 6.35. The molecule has 5 heteroatoms. The van der Waals surface area contributed by atoms with Gasteiger partial charge in [-0.15, -0.1) is 0 Å². The lowest BCUT2D eigenvalue weighted by Crippen LogP contribution is -2.30. The molecule has 0 aliphatic rings. The largest absolute Gasteiger partial charge is 0.271 e.